The van der Waals surface area contributed by atoms with Crippen LogP contribution in [0.1, 0.15) is 28.6 Å². The van der Waals surface area contributed by atoms with E-state index in [0.29, 0.717) is 24.7 Å². The second kappa shape index (κ2) is 10.7. The lowest BCUT2D eigenvalue weighted by molar-refractivity contribution is 0.0996. The predicted molar refractivity (Wildman–Crippen MR) is 118 cm³/mol. The fourth-order valence-corrected chi connectivity index (χ4v) is 2.83. The van der Waals surface area contributed by atoms with Gasteiger partial charge in [0.05, 0.1) is 19.9 Å². The molecule has 0 saturated carbocycles. The number of hydrogen-bond donors (Lipinski definition) is 3. The molecule has 0 spiro atoms. The maximum atomic E-state index is 12.1. The molecule has 0 atom stereocenters. The molecule has 156 valence electrons. The SMILES string of the molecule is CCNC(=NCc1cccc(NC(=O)c2ccco2)c1)NCc1cccc(OC)c1. The highest BCUT2D eigenvalue weighted by molar-refractivity contribution is 6.02. The van der Waals surface area contributed by atoms with E-state index < -0.39 is 0 Å². The summed E-state index contributed by atoms with van der Waals surface area (Å²) in [7, 11) is 1.66. The van der Waals surface area contributed by atoms with Crippen molar-refractivity contribution in [1.29, 1.82) is 0 Å². The lowest BCUT2D eigenvalue weighted by atomic mass is 10.2. The van der Waals surface area contributed by atoms with Crippen LogP contribution in [0.25, 0.3) is 0 Å². The third kappa shape index (κ3) is 6.13. The summed E-state index contributed by atoms with van der Waals surface area (Å²) >= 11 is 0. The number of carbonyl (C=O) groups excluding carboxylic acids is 1. The Labute approximate surface area is 176 Å². The van der Waals surface area contributed by atoms with Crippen LogP contribution >= 0.6 is 0 Å². The number of carbonyl (C=O) groups is 1. The van der Waals surface area contributed by atoms with E-state index in [4.69, 9.17) is 9.15 Å². The van der Waals surface area contributed by atoms with Gasteiger partial charge in [-0.25, -0.2) is 4.99 Å². The Hall–Kier alpha value is -3.74. The van der Waals surface area contributed by atoms with E-state index in [9.17, 15) is 4.79 Å². The molecule has 1 heterocycles. The molecule has 7 nitrogen and oxygen atoms in total. The van der Waals surface area contributed by atoms with E-state index in [1.54, 1.807) is 19.2 Å². The Balaban J connectivity index is 1.61. The maximum absolute atomic E-state index is 12.1. The van der Waals surface area contributed by atoms with Gasteiger partial charge in [-0.1, -0.05) is 24.3 Å². The molecule has 3 N–H and O–H groups in total. The van der Waals surface area contributed by atoms with E-state index in [-0.39, 0.29) is 11.7 Å². The van der Waals surface area contributed by atoms with Gasteiger partial charge in [-0.15, -0.1) is 0 Å². The van der Waals surface area contributed by atoms with Gasteiger partial charge >= 0.3 is 0 Å². The monoisotopic (exact) mass is 406 g/mol. The summed E-state index contributed by atoms with van der Waals surface area (Å²) in [5.74, 6) is 1.53. The molecule has 1 aromatic heterocycles. The minimum Gasteiger partial charge on any atom is -0.497 e. The molecule has 0 aliphatic carbocycles. The first kappa shape index (κ1) is 21.0. The van der Waals surface area contributed by atoms with Crippen molar-refractivity contribution in [3.8, 4) is 5.75 Å². The molecule has 3 aromatic rings. The number of benzene rings is 2. The molecular weight excluding hydrogens is 380 g/mol. The Morgan fingerprint density at radius 2 is 1.87 bits per heavy atom. The fraction of sp³-hybridized carbons (Fsp3) is 0.217. The lowest BCUT2D eigenvalue weighted by Gasteiger charge is -2.12. The van der Waals surface area contributed by atoms with Crippen molar-refractivity contribution < 1.29 is 13.9 Å². The third-order valence-corrected chi connectivity index (χ3v) is 4.29. The Kier molecular flexibility index (Phi) is 7.49. The first-order valence-corrected chi connectivity index (χ1v) is 9.77. The average molecular weight is 406 g/mol. The van der Waals surface area contributed by atoms with Gasteiger partial charge in [0.25, 0.3) is 5.91 Å². The quantitative estimate of drug-likeness (QED) is 0.391. The zero-order valence-electron chi connectivity index (χ0n) is 17.1. The number of ether oxygens (including phenoxy) is 1. The number of rotatable bonds is 8. The van der Waals surface area contributed by atoms with Gasteiger partial charge in [-0.05, 0) is 54.4 Å². The summed E-state index contributed by atoms with van der Waals surface area (Å²) in [6.45, 7) is 3.87. The molecular formula is C23H26N4O3. The van der Waals surface area contributed by atoms with Gasteiger partial charge in [0.1, 0.15) is 5.75 Å². The molecule has 0 saturated heterocycles. The van der Waals surface area contributed by atoms with Crippen LogP contribution in [0.3, 0.4) is 0 Å². The molecule has 0 radical (unpaired) electrons. The normalized spacial score (nSPS) is 11.1. The fourth-order valence-electron chi connectivity index (χ4n) is 2.83. The van der Waals surface area contributed by atoms with Gasteiger partial charge in [0, 0.05) is 18.8 Å². The third-order valence-electron chi connectivity index (χ3n) is 4.29. The smallest absolute Gasteiger partial charge is 0.291 e. The first-order valence-electron chi connectivity index (χ1n) is 9.77. The Bertz CT molecular complexity index is 984. The highest BCUT2D eigenvalue weighted by Crippen LogP contribution is 2.14. The van der Waals surface area contributed by atoms with Gasteiger partial charge in [0.2, 0.25) is 0 Å². The molecule has 2 aromatic carbocycles. The molecule has 0 unspecified atom stereocenters. The standard InChI is InChI=1S/C23H26N4O3/c1-3-24-23(26-16-18-8-5-10-20(14-18)29-2)25-15-17-7-4-9-19(13-17)27-22(28)21-11-6-12-30-21/h4-14H,3,15-16H2,1-2H3,(H,27,28)(H2,24,25,26). The zero-order chi connectivity index (χ0) is 21.2. The summed E-state index contributed by atoms with van der Waals surface area (Å²) in [5, 5.41) is 9.40. The van der Waals surface area contributed by atoms with Crippen LogP contribution in [0.2, 0.25) is 0 Å². The van der Waals surface area contributed by atoms with Crippen molar-refractivity contribution in [2.75, 3.05) is 19.0 Å². The summed E-state index contributed by atoms with van der Waals surface area (Å²) in [6.07, 6.45) is 1.47. The molecule has 30 heavy (non-hydrogen) atoms. The number of amides is 1. The maximum Gasteiger partial charge on any atom is 0.291 e. The number of nitrogens with zero attached hydrogens (tertiary/aromatic N) is 1. The van der Waals surface area contributed by atoms with Crippen LogP contribution in [0, 0.1) is 0 Å². The van der Waals surface area contributed by atoms with E-state index in [0.717, 1.165) is 23.4 Å². The van der Waals surface area contributed by atoms with Crippen LogP contribution in [0.5, 0.6) is 5.75 Å². The molecule has 0 aliphatic rings. The van der Waals surface area contributed by atoms with Gasteiger partial charge in [0.15, 0.2) is 11.7 Å². The van der Waals surface area contributed by atoms with Crippen molar-refractivity contribution in [3.63, 3.8) is 0 Å². The van der Waals surface area contributed by atoms with Crippen molar-refractivity contribution in [2.24, 2.45) is 4.99 Å². The van der Waals surface area contributed by atoms with Crippen molar-refractivity contribution in [2.45, 2.75) is 20.0 Å². The second-order valence-corrected chi connectivity index (χ2v) is 6.53. The number of hydrogen-bond acceptors (Lipinski definition) is 4. The van der Waals surface area contributed by atoms with Crippen LogP contribution in [-0.2, 0) is 13.1 Å². The van der Waals surface area contributed by atoms with Gasteiger partial charge in [-0.3, -0.25) is 4.79 Å². The minimum absolute atomic E-state index is 0.273. The number of anilines is 1. The zero-order valence-corrected chi connectivity index (χ0v) is 17.1. The minimum atomic E-state index is -0.283. The molecule has 3 rings (SSSR count). The lowest BCUT2D eigenvalue weighted by Crippen LogP contribution is -2.36. The van der Waals surface area contributed by atoms with E-state index in [1.807, 2.05) is 55.5 Å². The summed E-state index contributed by atoms with van der Waals surface area (Å²) in [5.41, 5.74) is 2.77. The molecule has 0 bridgehead atoms. The van der Waals surface area contributed by atoms with Crippen molar-refractivity contribution in [1.82, 2.24) is 10.6 Å². The highest BCUT2D eigenvalue weighted by Gasteiger charge is 2.08. The van der Waals surface area contributed by atoms with E-state index >= 15 is 0 Å². The summed E-state index contributed by atoms with van der Waals surface area (Å²) in [6, 6.07) is 18.8. The van der Waals surface area contributed by atoms with Crippen LogP contribution < -0.4 is 20.7 Å². The van der Waals surface area contributed by atoms with Crippen molar-refractivity contribution in [3.05, 3.63) is 83.8 Å². The number of guanidine groups is 1. The van der Waals surface area contributed by atoms with Crippen LogP contribution in [-0.4, -0.2) is 25.5 Å². The molecule has 0 fully saturated rings. The van der Waals surface area contributed by atoms with Gasteiger partial charge < -0.3 is 25.1 Å². The first-order chi connectivity index (χ1) is 14.7. The molecule has 0 aliphatic heterocycles. The predicted octanol–water partition coefficient (Wildman–Crippen LogP) is 3.80. The topological polar surface area (TPSA) is 87.9 Å². The number of nitrogens with one attached hydrogen (secondary N) is 3. The van der Waals surface area contributed by atoms with Crippen LogP contribution in [0.15, 0.2) is 76.3 Å². The Morgan fingerprint density at radius 1 is 1.03 bits per heavy atom. The molecule has 7 heteroatoms. The summed E-state index contributed by atoms with van der Waals surface area (Å²) in [4.78, 5) is 16.8. The summed E-state index contributed by atoms with van der Waals surface area (Å²) < 4.78 is 10.4. The Morgan fingerprint density at radius 3 is 2.63 bits per heavy atom. The van der Waals surface area contributed by atoms with Crippen molar-refractivity contribution >= 4 is 17.6 Å². The second-order valence-electron chi connectivity index (χ2n) is 6.53. The molecule has 1 amide bonds. The number of furan rings is 1. The van der Waals surface area contributed by atoms with E-state index in [2.05, 4.69) is 20.9 Å². The average Bonchev–Trinajstić information content (AvgIpc) is 3.31. The van der Waals surface area contributed by atoms with E-state index in [1.165, 1.54) is 6.26 Å². The number of aliphatic imine (C=N–C) groups is 1. The van der Waals surface area contributed by atoms with Gasteiger partial charge in [-0.2, -0.15) is 0 Å². The largest absolute Gasteiger partial charge is 0.497 e. The van der Waals surface area contributed by atoms with Crippen LogP contribution in [0.4, 0.5) is 5.69 Å². The highest BCUT2D eigenvalue weighted by atomic mass is 16.5. The number of methoxy groups -OCH3 is 1.